The fourth-order valence-corrected chi connectivity index (χ4v) is 2.50. The number of carbonyl (C=O) groups is 1. The number of hydrogen-bond donors (Lipinski definition) is 1. The van der Waals surface area contributed by atoms with Crippen molar-refractivity contribution in [3.63, 3.8) is 0 Å². The minimum absolute atomic E-state index is 0.0527. The topological polar surface area (TPSA) is 71.4 Å². The highest BCUT2D eigenvalue weighted by atomic mass is 16.5. The van der Waals surface area contributed by atoms with Gasteiger partial charge >= 0.3 is 0 Å². The van der Waals surface area contributed by atoms with Crippen LogP contribution in [0.25, 0.3) is 0 Å². The zero-order valence-corrected chi connectivity index (χ0v) is 12.5. The first-order valence-corrected chi connectivity index (χ1v) is 6.82. The first-order chi connectivity index (χ1) is 10.1. The van der Waals surface area contributed by atoms with Crippen molar-refractivity contribution in [2.24, 2.45) is 11.1 Å². The number of rotatable bonds is 3. The second kappa shape index (κ2) is 6.47. The molecule has 1 aliphatic heterocycles. The number of methoxy groups -OCH3 is 2. The number of carbonyl (C=O) groups excluding carboxylic acids is 1. The van der Waals surface area contributed by atoms with Crippen molar-refractivity contribution in [1.29, 1.82) is 0 Å². The quantitative estimate of drug-likeness (QED) is 0.683. The Labute approximate surface area is 124 Å². The molecular weight excluding hydrogens is 272 g/mol. The van der Waals surface area contributed by atoms with Gasteiger partial charge in [-0.25, -0.2) is 0 Å². The highest BCUT2D eigenvalue weighted by Crippen LogP contribution is 2.27. The number of amides is 1. The average molecular weight is 292 g/mol. The third-order valence-corrected chi connectivity index (χ3v) is 3.76. The van der Waals surface area contributed by atoms with Crippen molar-refractivity contribution >= 4 is 11.6 Å². The van der Waals surface area contributed by atoms with Crippen LogP contribution < -0.4 is 9.47 Å². The molecule has 1 atom stereocenters. The summed E-state index contributed by atoms with van der Waals surface area (Å²) >= 11 is 0. The lowest BCUT2D eigenvalue weighted by atomic mass is 9.97. The summed E-state index contributed by atoms with van der Waals surface area (Å²) in [5.41, 5.74) is 1.25. The van der Waals surface area contributed by atoms with Crippen LogP contribution in [0.2, 0.25) is 0 Å². The molecule has 1 aromatic carbocycles. The van der Waals surface area contributed by atoms with E-state index in [2.05, 4.69) is 5.16 Å². The largest absolute Gasteiger partial charge is 0.497 e. The molecule has 1 aliphatic rings. The Kier molecular flexibility index (Phi) is 4.67. The standard InChI is InChI=1S/C15H20N2O4/c1-10-9-17(7-6-13(10)16-19)15(18)12-5-4-11(20-2)8-14(12)21-3/h4-5,8,10,19H,6-7,9H2,1-3H3/b16-13-. The Balaban J connectivity index is 2.21. The van der Waals surface area contributed by atoms with Crippen LogP contribution >= 0.6 is 0 Å². The van der Waals surface area contributed by atoms with E-state index in [1.807, 2.05) is 6.92 Å². The maximum Gasteiger partial charge on any atom is 0.257 e. The minimum Gasteiger partial charge on any atom is -0.497 e. The molecule has 0 aromatic heterocycles. The molecule has 2 rings (SSSR count). The summed E-state index contributed by atoms with van der Waals surface area (Å²) in [6.07, 6.45) is 0.585. The van der Waals surface area contributed by atoms with Crippen LogP contribution in [0.3, 0.4) is 0 Å². The normalized spacial score (nSPS) is 20.4. The van der Waals surface area contributed by atoms with E-state index in [9.17, 15) is 4.79 Å². The van der Waals surface area contributed by atoms with Crippen molar-refractivity contribution in [2.45, 2.75) is 13.3 Å². The number of ether oxygens (including phenoxy) is 2. The summed E-state index contributed by atoms with van der Waals surface area (Å²) < 4.78 is 10.4. The van der Waals surface area contributed by atoms with E-state index in [0.29, 0.717) is 36.6 Å². The maximum atomic E-state index is 12.6. The van der Waals surface area contributed by atoms with Crippen molar-refractivity contribution in [3.8, 4) is 11.5 Å². The molecule has 114 valence electrons. The van der Waals surface area contributed by atoms with Gasteiger partial charge in [-0.05, 0) is 12.1 Å². The molecule has 0 bridgehead atoms. The van der Waals surface area contributed by atoms with Gasteiger partial charge in [0.15, 0.2) is 0 Å². The predicted molar refractivity (Wildman–Crippen MR) is 78.5 cm³/mol. The van der Waals surface area contributed by atoms with Crippen LogP contribution in [0.4, 0.5) is 0 Å². The molecule has 1 aromatic rings. The van der Waals surface area contributed by atoms with Crippen molar-refractivity contribution in [2.75, 3.05) is 27.3 Å². The molecule has 6 heteroatoms. The summed E-state index contributed by atoms with van der Waals surface area (Å²) in [4.78, 5) is 14.4. The van der Waals surface area contributed by atoms with Crippen LogP contribution in [-0.4, -0.2) is 49.0 Å². The summed E-state index contributed by atoms with van der Waals surface area (Å²) in [6.45, 7) is 3.02. The lowest BCUT2D eigenvalue weighted by molar-refractivity contribution is 0.0730. The highest BCUT2D eigenvalue weighted by molar-refractivity contribution is 5.98. The number of benzene rings is 1. The van der Waals surface area contributed by atoms with E-state index in [0.717, 1.165) is 5.71 Å². The Morgan fingerprint density at radius 1 is 1.38 bits per heavy atom. The second-order valence-corrected chi connectivity index (χ2v) is 5.06. The van der Waals surface area contributed by atoms with Gasteiger partial charge < -0.3 is 19.6 Å². The predicted octanol–water partition coefficient (Wildman–Crippen LogP) is 2.02. The number of hydrogen-bond acceptors (Lipinski definition) is 5. The summed E-state index contributed by atoms with van der Waals surface area (Å²) in [6, 6.07) is 5.14. The smallest absolute Gasteiger partial charge is 0.257 e. The molecule has 0 spiro atoms. The van der Waals surface area contributed by atoms with Gasteiger partial charge in [0.05, 0.1) is 25.5 Å². The molecule has 0 radical (unpaired) electrons. The van der Waals surface area contributed by atoms with Gasteiger partial charge in [-0.1, -0.05) is 12.1 Å². The van der Waals surface area contributed by atoms with Crippen LogP contribution in [0, 0.1) is 5.92 Å². The SMILES string of the molecule is COc1ccc(C(=O)N2CC/C(=N/O)C(C)C2)c(OC)c1. The molecule has 6 nitrogen and oxygen atoms in total. The van der Waals surface area contributed by atoms with Gasteiger partial charge in [0.1, 0.15) is 11.5 Å². The zero-order valence-electron chi connectivity index (χ0n) is 12.5. The summed E-state index contributed by atoms with van der Waals surface area (Å²) in [5, 5.41) is 12.2. The van der Waals surface area contributed by atoms with Crippen LogP contribution in [0.15, 0.2) is 23.4 Å². The Bertz CT molecular complexity index is 557. The van der Waals surface area contributed by atoms with E-state index < -0.39 is 0 Å². The molecule has 21 heavy (non-hydrogen) atoms. The molecule has 1 N–H and O–H groups in total. The third-order valence-electron chi connectivity index (χ3n) is 3.76. The van der Waals surface area contributed by atoms with E-state index in [-0.39, 0.29) is 11.8 Å². The van der Waals surface area contributed by atoms with E-state index >= 15 is 0 Å². The fourth-order valence-electron chi connectivity index (χ4n) is 2.50. The highest BCUT2D eigenvalue weighted by Gasteiger charge is 2.28. The van der Waals surface area contributed by atoms with E-state index in [1.165, 1.54) is 7.11 Å². The number of likely N-dealkylation sites (tertiary alicyclic amines) is 1. The third kappa shape index (κ3) is 3.09. The Morgan fingerprint density at radius 3 is 2.71 bits per heavy atom. The first kappa shape index (κ1) is 15.2. The second-order valence-electron chi connectivity index (χ2n) is 5.06. The van der Waals surface area contributed by atoms with Gasteiger partial charge in [0, 0.05) is 31.5 Å². The van der Waals surface area contributed by atoms with Crippen LogP contribution in [0.1, 0.15) is 23.7 Å². The molecule has 0 saturated carbocycles. The lowest BCUT2D eigenvalue weighted by Crippen LogP contribution is -2.43. The lowest BCUT2D eigenvalue weighted by Gasteiger charge is -2.31. The van der Waals surface area contributed by atoms with Crippen molar-refractivity contribution in [3.05, 3.63) is 23.8 Å². The molecule has 1 heterocycles. The summed E-state index contributed by atoms with van der Waals surface area (Å²) in [7, 11) is 3.10. The Hall–Kier alpha value is -2.24. The number of nitrogens with zero attached hydrogens (tertiary/aromatic N) is 2. The van der Waals surface area contributed by atoms with Crippen LogP contribution in [0.5, 0.6) is 11.5 Å². The van der Waals surface area contributed by atoms with Gasteiger partial charge in [-0.2, -0.15) is 0 Å². The van der Waals surface area contributed by atoms with E-state index in [4.69, 9.17) is 14.7 Å². The fraction of sp³-hybridized carbons (Fsp3) is 0.467. The van der Waals surface area contributed by atoms with Gasteiger partial charge in [0.25, 0.3) is 5.91 Å². The zero-order chi connectivity index (χ0) is 15.4. The van der Waals surface area contributed by atoms with Crippen LogP contribution in [-0.2, 0) is 0 Å². The molecule has 1 unspecified atom stereocenters. The minimum atomic E-state index is -0.0849. The van der Waals surface area contributed by atoms with Gasteiger partial charge in [-0.3, -0.25) is 4.79 Å². The molecule has 1 saturated heterocycles. The number of oxime groups is 1. The first-order valence-electron chi connectivity index (χ1n) is 6.82. The monoisotopic (exact) mass is 292 g/mol. The number of piperidine rings is 1. The molecular formula is C15H20N2O4. The van der Waals surface area contributed by atoms with E-state index in [1.54, 1.807) is 30.2 Å². The van der Waals surface area contributed by atoms with Gasteiger partial charge in [0.2, 0.25) is 0 Å². The molecule has 0 aliphatic carbocycles. The average Bonchev–Trinajstić information content (AvgIpc) is 2.53. The van der Waals surface area contributed by atoms with Gasteiger partial charge in [-0.15, -0.1) is 0 Å². The molecule has 1 fully saturated rings. The Morgan fingerprint density at radius 2 is 2.14 bits per heavy atom. The maximum absolute atomic E-state index is 12.6. The van der Waals surface area contributed by atoms with Crippen molar-refractivity contribution in [1.82, 2.24) is 4.90 Å². The summed E-state index contributed by atoms with van der Waals surface area (Å²) in [5.74, 6) is 1.11. The molecule has 1 amide bonds. The van der Waals surface area contributed by atoms with Crippen molar-refractivity contribution < 1.29 is 19.5 Å².